The highest BCUT2D eigenvalue weighted by atomic mass is 35.5. The number of rotatable bonds is 3. The van der Waals surface area contributed by atoms with Gasteiger partial charge in [-0.15, -0.1) is 0 Å². The highest BCUT2D eigenvalue weighted by Gasteiger charge is 2.09. The molecule has 18 heavy (non-hydrogen) atoms. The van der Waals surface area contributed by atoms with Crippen LogP contribution in [0.4, 0.5) is 0 Å². The minimum atomic E-state index is -0.110. The molecule has 0 radical (unpaired) electrons. The molecule has 0 heterocycles. The highest BCUT2D eigenvalue weighted by Crippen LogP contribution is 2.26. The number of benzene rings is 2. The molecule has 0 aliphatic rings. The zero-order valence-electron chi connectivity index (χ0n) is 9.54. The van der Waals surface area contributed by atoms with Crippen molar-refractivity contribution < 1.29 is 0 Å². The second-order valence-corrected chi connectivity index (χ2v) is 5.36. The molecule has 0 aromatic heterocycles. The van der Waals surface area contributed by atoms with Crippen LogP contribution in [0.15, 0.2) is 42.5 Å². The summed E-state index contributed by atoms with van der Waals surface area (Å²) < 4.78 is 0. The molecule has 2 aromatic carbocycles. The first-order chi connectivity index (χ1) is 8.56. The number of hydrogen-bond acceptors (Lipinski definition) is 1. The molecule has 1 atom stereocenters. The van der Waals surface area contributed by atoms with Gasteiger partial charge in [-0.1, -0.05) is 53.0 Å². The van der Waals surface area contributed by atoms with Crippen molar-refractivity contribution in [3.8, 4) is 0 Å². The van der Waals surface area contributed by atoms with Gasteiger partial charge in [0.25, 0.3) is 0 Å². The van der Waals surface area contributed by atoms with Crippen LogP contribution in [-0.4, -0.2) is 0 Å². The molecular weight excluding hydrogens is 289 g/mol. The van der Waals surface area contributed by atoms with Gasteiger partial charge < -0.3 is 5.73 Å². The molecule has 1 unspecified atom stereocenters. The van der Waals surface area contributed by atoms with E-state index in [4.69, 9.17) is 40.5 Å². The van der Waals surface area contributed by atoms with Crippen molar-refractivity contribution in [1.29, 1.82) is 0 Å². The molecule has 2 N–H and O–H groups in total. The Kier molecular flexibility index (Phi) is 4.52. The first-order valence-electron chi connectivity index (χ1n) is 5.51. The van der Waals surface area contributed by atoms with E-state index < -0.39 is 0 Å². The summed E-state index contributed by atoms with van der Waals surface area (Å²) in [6.45, 7) is 0. The first kappa shape index (κ1) is 13.7. The van der Waals surface area contributed by atoms with Crippen molar-refractivity contribution in [3.05, 3.63) is 68.7 Å². The van der Waals surface area contributed by atoms with Crippen LogP contribution >= 0.6 is 34.8 Å². The molecule has 0 spiro atoms. The Morgan fingerprint density at radius 3 is 2.17 bits per heavy atom. The van der Waals surface area contributed by atoms with Crippen LogP contribution in [0.2, 0.25) is 15.1 Å². The lowest BCUT2D eigenvalue weighted by Crippen LogP contribution is -2.13. The Morgan fingerprint density at radius 2 is 1.56 bits per heavy atom. The van der Waals surface area contributed by atoms with Gasteiger partial charge in [-0.05, 0) is 41.8 Å². The summed E-state index contributed by atoms with van der Waals surface area (Å²) in [5, 5.41) is 1.79. The van der Waals surface area contributed by atoms with Crippen molar-refractivity contribution >= 4 is 34.8 Å². The van der Waals surface area contributed by atoms with Crippen molar-refractivity contribution in [2.45, 2.75) is 12.5 Å². The van der Waals surface area contributed by atoms with Gasteiger partial charge in [-0.3, -0.25) is 0 Å². The summed E-state index contributed by atoms with van der Waals surface area (Å²) in [5.74, 6) is 0. The summed E-state index contributed by atoms with van der Waals surface area (Å²) in [6, 6.07) is 13.0. The molecule has 4 heteroatoms. The molecule has 0 aliphatic heterocycles. The summed E-state index contributed by atoms with van der Waals surface area (Å²) in [7, 11) is 0. The number of halogens is 3. The minimum absolute atomic E-state index is 0.110. The van der Waals surface area contributed by atoms with Crippen LogP contribution < -0.4 is 5.73 Å². The quantitative estimate of drug-likeness (QED) is 0.858. The molecule has 0 fully saturated rings. The molecule has 2 rings (SSSR count). The molecule has 0 saturated heterocycles. The van der Waals surface area contributed by atoms with Crippen LogP contribution in [0, 0.1) is 0 Å². The minimum Gasteiger partial charge on any atom is -0.324 e. The SMILES string of the molecule is NC(Cc1ccc(Cl)cc1)c1ccc(Cl)c(Cl)c1. The first-order valence-corrected chi connectivity index (χ1v) is 6.64. The van der Waals surface area contributed by atoms with Gasteiger partial charge >= 0.3 is 0 Å². The van der Waals surface area contributed by atoms with E-state index in [0.717, 1.165) is 22.6 Å². The lowest BCUT2D eigenvalue weighted by Gasteiger charge is -2.13. The van der Waals surface area contributed by atoms with Gasteiger partial charge in [-0.2, -0.15) is 0 Å². The topological polar surface area (TPSA) is 26.0 Å². The average molecular weight is 301 g/mol. The maximum Gasteiger partial charge on any atom is 0.0595 e. The van der Waals surface area contributed by atoms with Gasteiger partial charge in [0, 0.05) is 11.1 Å². The third kappa shape index (κ3) is 3.39. The predicted octanol–water partition coefficient (Wildman–Crippen LogP) is 4.89. The highest BCUT2D eigenvalue weighted by molar-refractivity contribution is 6.42. The van der Waals surface area contributed by atoms with E-state index in [1.807, 2.05) is 36.4 Å². The smallest absolute Gasteiger partial charge is 0.0595 e. The monoisotopic (exact) mass is 299 g/mol. The maximum absolute atomic E-state index is 6.15. The molecule has 0 aliphatic carbocycles. The summed E-state index contributed by atoms with van der Waals surface area (Å²) in [6.07, 6.45) is 0.731. The second kappa shape index (κ2) is 5.94. The molecule has 0 amide bonds. The summed E-state index contributed by atoms with van der Waals surface area (Å²) in [5.41, 5.74) is 8.26. The summed E-state index contributed by atoms with van der Waals surface area (Å²) >= 11 is 17.7. The van der Waals surface area contributed by atoms with Crippen LogP contribution in [0.3, 0.4) is 0 Å². The van der Waals surface area contributed by atoms with Gasteiger partial charge in [0.1, 0.15) is 0 Å². The molecule has 2 aromatic rings. The molecular formula is C14H12Cl3N. The Bertz CT molecular complexity index is 537. The Morgan fingerprint density at radius 1 is 0.889 bits per heavy atom. The van der Waals surface area contributed by atoms with Gasteiger partial charge in [-0.25, -0.2) is 0 Å². The van der Waals surface area contributed by atoms with Crippen LogP contribution in [-0.2, 0) is 6.42 Å². The molecule has 94 valence electrons. The van der Waals surface area contributed by atoms with E-state index in [1.54, 1.807) is 6.07 Å². The normalized spacial score (nSPS) is 12.4. The fourth-order valence-electron chi connectivity index (χ4n) is 1.74. The van der Waals surface area contributed by atoms with Crippen molar-refractivity contribution in [1.82, 2.24) is 0 Å². The van der Waals surface area contributed by atoms with E-state index in [1.165, 1.54) is 0 Å². The zero-order valence-corrected chi connectivity index (χ0v) is 11.8. The average Bonchev–Trinajstić information content (AvgIpc) is 2.35. The van der Waals surface area contributed by atoms with Gasteiger partial charge in [0.15, 0.2) is 0 Å². The number of hydrogen-bond donors (Lipinski definition) is 1. The largest absolute Gasteiger partial charge is 0.324 e. The second-order valence-electron chi connectivity index (χ2n) is 4.11. The van der Waals surface area contributed by atoms with E-state index in [0.29, 0.717) is 10.0 Å². The van der Waals surface area contributed by atoms with Crippen LogP contribution in [0.5, 0.6) is 0 Å². The predicted molar refractivity (Wildman–Crippen MR) is 78.5 cm³/mol. The maximum atomic E-state index is 6.15. The third-order valence-corrected chi connectivity index (χ3v) is 3.73. The molecule has 1 nitrogen and oxygen atoms in total. The van der Waals surface area contributed by atoms with Crippen molar-refractivity contribution in [2.75, 3.05) is 0 Å². The zero-order chi connectivity index (χ0) is 13.1. The van der Waals surface area contributed by atoms with Gasteiger partial charge in [0.05, 0.1) is 10.0 Å². The van der Waals surface area contributed by atoms with Gasteiger partial charge in [0.2, 0.25) is 0 Å². The number of nitrogens with two attached hydrogens (primary N) is 1. The van der Waals surface area contributed by atoms with Crippen molar-refractivity contribution in [3.63, 3.8) is 0 Å². The van der Waals surface area contributed by atoms with E-state index in [2.05, 4.69) is 0 Å². The Labute approximate surface area is 121 Å². The summed E-state index contributed by atoms with van der Waals surface area (Å²) in [4.78, 5) is 0. The standard InChI is InChI=1S/C14H12Cl3N/c15-11-4-1-9(2-5-11)7-14(18)10-3-6-12(16)13(17)8-10/h1-6,8,14H,7,18H2. The van der Waals surface area contributed by atoms with E-state index in [9.17, 15) is 0 Å². The lowest BCUT2D eigenvalue weighted by atomic mass is 10.00. The fourth-order valence-corrected chi connectivity index (χ4v) is 2.17. The Hall–Kier alpha value is -0.730. The fraction of sp³-hybridized carbons (Fsp3) is 0.143. The molecule has 0 bridgehead atoms. The molecule has 0 saturated carbocycles. The van der Waals surface area contributed by atoms with Crippen LogP contribution in [0.25, 0.3) is 0 Å². The third-order valence-electron chi connectivity index (χ3n) is 2.74. The van der Waals surface area contributed by atoms with Crippen molar-refractivity contribution in [2.24, 2.45) is 5.73 Å². The van der Waals surface area contributed by atoms with E-state index in [-0.39, 0.29) is 6.04 Å². The lowest BCUT2D eigenvalue weighted by molar-refractivity contribution is 0.722. The van der Waals surface area contributed by atoms with Crippen LogP contribution in [0.1, 0.15) is 17.2 Å². The van der Waals surface area contributed by atoms with E-state index >= 15 is 0 Å². The Balaban J connectivity index is 2.13.